The molecule has 20 heavy (non-hydrogen) atoms. The fourth-order valence-corrected chi connectivity index (χ4v) is 1.94. The van der Waals surface area contributed by atoms with E-state index in [4.69, 9.17) is 16.7 Å². The molecule has 2 atom stereocenters. The molecule has 0 aliphatic carbocycles. The standard InChI is InChI=1S/C14H19ClN2O3/c1-8-4-5-11(15)7-12(8)17-13(18)6-9(2)16-10(3)14(19)20/h4-5,7,9-10,16H,6H2,1-3H3,(H,17,18)(H,19,20)/t9?,10-/m0/s1. The second-order valence-electron chi connectivity index (χ2n) is 4.84. The normalized spacial score (nSPS) is 13.6. The number of carboxylic acids is 1. The van der Waals surface area contributed by atoms with Crippen molar-refractivity contribution < 1.29 is 14.7 Å². The highest BCUT2D eigenvalue weighted by Crippen LogP contribution is 2.20. The number of aliphatic carboxylic acids is 1. The average Bonchev–Trinajstić information content (AvgIpc) is 2.33. The lowest BCUT2D eigenvalue weighted by Gasteiger charge is -2.17. The predicted octanol–water partition coefficient (Wildman–Crippen LogP) is 2.43. The van der Waals surface area contributed by atoms with Crippen molar-refractivity contribution in [3.63, 3.8) is 0 Å². The molecule has 1 aromatic carbocycles. The first-order valence-electron chi connectivity index (χ1n) is 6.34. The lowest BCUT2D eigenvalue weighted by Crippen LogP contribution is -2.41. The van der Waals surface area contributed by atoms with E-state index in [2.05, 4.69) is 10.6 Å². The number of carbonyl (C=O) groups excluding carboxylic acids is 1. The second kappa shape index (κ2) is 7.26. The molecule has 0 bridgehead atoms. The van der Waals surface area contributed by atoms with Crippen molar-refractivity contribution in [3.05, 3.63) is 28.8 Å². The van der Waals surface area contributed by atoms with Crippen LogP contribution in [-0.4, -0.2) is 29.1 Å². The number of nitrogens with one attached hydrogen (secondary N) is 2. The lowest BCUT2D eigenvalue weighted by atomic mass is 10.1. The summed E-state index contributed by atoms with van der Waals surface area (Å²) in [6.45, 7) is 5.18. The summed E-state index contributed by atoms with van der Waals surface area (Å²) in [4.78, 5) is 22.6. The van der Waals surface area contributed by atoms with Gasteiger partial charge >= 0.3 is 5.97 Å². The fourth-order valence-electron chi connectivity index (χ4n) is 1.77. The Hall–Kier alpha value is -1.59. The fraction of sp³-hybridized carbons (Fsp3) is 0.429. The van der Waals surface area contributed by atoms with Gasteiger partial charge in [0.05, 0.1) is 0 Å². The summed E-state index contributed by atoms with van der Waals surface area (Å²) in [5, 5.41) is 15.0. The zero-order valence-corrected chi connectivity index (χ0v) is 12.5. The number of halogens is 1. The molecule has 0 radical (unpaired) electrons. The van der Waals surface area contributed by atoms with Gasteiger partial charge in [0.15, 0.2) is 0 Å². The topological polar surface area (TPSA) is 78.4 Å². The Morgan fingerprint density at radius 3 is 2.60 bits per heavy atom. The number of rotatable bonds is 6. The van der Waals surface area contributed by atoms with Crippen molar-refractivity contribution in [1.29, 1.82) is 0 Å². The van der Waals surface area contributed by atoms with E-state index in [0.29, 0.717) is 10.7 Å². The molecule has 0 saturated heterocycles. The molecular weight excluding hydrogens is 280 g/mol. The van der Waals surface area contributed by atoms with E-state index in [9.17, 15) is 9.59 Å². The van der Waals surface area contributed by atoms with Gasteiger partial charge in [-0.3, -0.25) is 9.59 Å². The van der Waals surface area contributed by atoms with Crippen LogP contribution in [0.3, 0.4) is 0 Å². The molecule has 3 N–H and O–H groups in total. The van der Waals surface area contributed by atoms with Gasteiger partial charge in [-0.25, -0.2) is 0 Å². The van der Waals surface area contributed by atoms with Crippen molar-refractivity contribution >= 4 is 29.2 Å². The van der Waals surface area contributed by atoms with Gasteiger partial charge in [-0.1, -0.05) is 17.7 Å². The van der Waals surface area contributed by atoms with E-state index in [-0.39, 0.29) is 18.4 Å². The van der Waals surface area contributed by atoms with Crippen LogP contribution >= 0.6 is 11.6 Å². The number of anilines is 1. The highest BCUT2D eigenvalue weighted by molar-refractivity contribution is 6.31. The Morgan fingerprint density at radius 2 is 2.00 bits per heavy atom. The summed E-state index contributed by atoms with van der Waals surface area (Å²) < 4.78 is 0. The summed E-state index contributed by atoms with van der Waals surface area (Å²) in [6, 6.07) is 4.34. The van der Waals surface area contributed by atoms with Crippen molar-refractivity contribution in [1.82, 2.24) is 5.32 Å². The zero-order valence-electron chi connectivity index (χ0n) is 11.7. The Balaban J connectivity index is 2.55. The first-order valence-corrected chi connectivity index (χ1v) is 6.72. The summed E-state index contributed by atoms with van der Waals surface area (Å²) in [5.74, 6) is -1.13. The Kier molecular flexibility index (Phi) is 5.98. The molecule has 6 heteroatoms. The third kappa shape index (κ3) is 5.19. The minimum absolute atomic E-state index is 0.184. The molecule has 1 aromatic rings. The lowest BCUT2D eigenvalue weighted by molar-refractivity contribution is -0.139. The van der Waals surface area contributed by atoms with E-state index in [0.717, 1.165) is 5.56 Å². The largest absolute Gasteiger partial charge is 0.480 e. The van der Waals surface area contributed by atoms with Crippen LogP contribution in [0.25, 0.3) is 0 Å². The van der Waals surface area contributed by atoms with Crippen LogP contribution in [0.1, 0.15) is 25.8 Å². The van der Waals surface area contributed by atoms with Crippen molar-refractivity contribution in [3.8, 4) is 0 Å². The van der Waals surface area contributed by atoms with Crippen molar-refractivity contribution in [2.75, 3.05) is 5.32 Å². The molecule has 1 rings (SSSR count). The van der Waals surface area contributed by atoms with Crippen LogP contribution in [0, 0.1) is 6.92 Å². The van der Waals surface area contributed by atoms with E-state index in [1.807, 2.05) is 13.0 Å². The minimum atomic E-state index is -0.942. The summed E-state index contributed by atoms with van der Waals surface area (Å²) in [6.07, 6.45) is 0.184. The van der Waals surface area contributed by atoms with Gasteiger partial charge in [-0.05, 0) is 38.5 Å². The minimum Gasteiger partial charge on any atom is -0.480 e. The van der Waals surface area contributed by atoms with Gasteiger partial charge in [-0.15, -0.1) is 0 Å². The SMILES string of the molecule is Cc1ccc(Cl)cc1NC(=O)CC(C)N[C@@H](C)C(=O)O. The summed E-state index contributed by atoms with van der Waals surface area (Å²) >= 11 is 5.88. The molecule has 0 aliphatic rings. The van der Waals surface area contributed by atoms with Gasteiger partial charge in [0, 0.05) is 23.2 Å². The molecular formula is C14H19ClN2O3. The van der Waals surface area contributed by atoms with E-state index in [1.54, 1.807) is 19.1 Å². The molecule has 0 aromatic heterocycles. The van der Waals surface area contributed by atoms with Gasteiger partial charge < -0.3 is 15.7 Å². The highest BCUT2D eigenvalue weighted by atomic mass is 35.5. The van der Waals surface area contributed by atoms with Crippen LogP contribution in [0.4, 0.5) is 5.69 Å². The van der Waals surface area contributed by atoms with Crippen LogP contribution in [0.5, 0.6) is 0 Å². The van der Waals surface area contributed by atoms with E-state index >= 15 is 0 Å². The third-order valence-corrected chi connectivity index (χ3v) is 3.11. The van der Waals surface area contributed by atoms with Crippen LogP contribution in [0.15, 0.2) is 18.2 Å². The maximum absolute atomic E-state index is 11.9. The summed E-state index contributed by atoms with van der Waals surface area (Å²) in [5.41, 5.74) is 1.59. The van der Waals surface area contributed by atoms with Crippen molar-refractivity contribution in [2.24, 2.45) is 0 Å². The smallest absolute Gasteiger partial charge is 0.320 e. The van der Waals surface area contributed by atoms with E-state index < -0.39 is 12.0 Å². The van der Waals surface area contributed by atoms with Crippen LogP contribution in [-0.2, 0) is 9.59 Å². The van der Waals surface area contributed by atoms with Gasteiger partial charge in [-0.2, -0.15) is 0 Å². The number of aryl methyl sites for hydroxylation is 1. The monoisotopic (exact) mass is 298 g/mol. The third-order valence-electron chi connectivity index (χ3n) is 2.87. The number of hydrogen-bond acceptors (Lipinski definition) is 3. The van der Waals surface area contributed by atoms with Crippen molar-refractivity contribution in [2.45, 2.75) is 39.3 Å². The molecule has 110 valence electrons. The zero-order chi connectivity index (χ0) is 15.3. The van der Waals surface area contributed by atoms with E-state index in [1.165, 1.54) is 6.92 Å². The number of hydrogen-bond donors (Lipinski definition) is 3. The number of benzene rings is 1. The second-order valence-corrected chi connectivity index (χ2v) is 5.28. The molecule has 1 amide bonds. The number of amides is 1. The average molecular weight is 299 g/mol. The highest BCUT2D eigenvalue weighted by Gasteiger charge is 2.16. The van der Waals surface area contributed by atoms with Crippen LogP contribution < -0.4 is 10.6 Å². The quantitative estimate of drug-likeness (QED) is 0.754. The molecule has 0 aliphatic heterocycles. The predicted molar refractivity (Wildman–Crippen MR) is 79.1 cm³/mol. The molecule has 0 spiro atoms. The first-order chi connectivity index (χ1) is 9.29. The molecule has 0 saturated carbocycles. The summed E-state index contributed by atoms with van der Waals surface area (Å²) in [7, 11) is 0. The van der Waals surface area contributed by atoms with Gasteiger partial charge in [0.25, 0.3) is 0 Å². The van der Waals surface area contributed by atoms with Gasteiger partial charge in [0.2, 0.25) is 5.91 Å². The molecule has 0 fully saturated rings. The number of carboxylic acid groups (broad SMARTS) is 1. The Labute approximate surface area is 123 Å². The maximum atomic E-state index is 11.9. The molecule has 5 nitrogen and oxygen atoms in total. The molecule has 1 unspecified atom stereocenters. The maximum Gasteiger partial charge on any atom is 0.320 e. The Bertz CT molecular complexity index is 505. The van der Waals surface area contributed by atoms with Crippen LogP contribution in [0.2, 0.25) is 5.02 Å². The van der Waals surface area contributed by atoms with Gasteiger partial charge in [0.1, 0.15) is 6.04 Å². The Morgan fingerprint density at radius 1 is 1.35 bits per heavy atom. The first kappa shape index (κ1) is 16.5. The molecule has 0 heterocycles. The number of carbonyl (C=O) groups is 2.